The lowest BCUT2D eigenvalue weighted by Gasteiger charge is -2.22. The van der Waals surface area contributed by atoms with E-state index < -0.39 is 5.97 Å². The van der Waals surface area contributed by atoms with E-state index in [0.717, 1.165) is 19.5 Å². The summed E-state index contributed by atoms with van der Waals surface area (Å²) in [5, 5.41) is 11.9. The second kappa shape index (κ2) is 5.73. The van der Waals surface area contributed by atoms with Gasteiger partial charge < -0.3 is 10.4 Å². The lowest BCUT2D eigenvalue weighted by molar-refractivity contribution is -0.136. The molecule has 0 radical (unpaired) electrons. The molecule has 1 aromatic rings. The summed E-state index contributed by atoms with van der Waals surface area (Å²) in [6, 6.07) is 7.11. The number of benzene rings is 1. The van der Waals surface area contributed by atoms with Gasteiger partial charge in [-0.05, 0) is 24.1 Å². The number of hydrogen-bond acceptors (Lipinski definition) is 4. The highest BCUT2D eigenvalue weighted by atomic mass is 35.5. The third-order valence-corrected chi connectivity index (χ3v) is 2.91. The summed E-state index contributed by atoms with van der Waals surface area (Å²) in [6.45, 7) is 1.59. The minimum atomic E-state index is -0.860. The number of nitrogens with zero attached hydrogens (tertiary/aromatic N) is 2. The molecule has 1 aliphatic heterocycles. The Labute approximate surface area is 110 Å². The summed E-state index contributed by atoms with van der Waals surface area (Å²) < 4.78 is 1.42. The van der Waals surface area contributed by atoms with Crippen molar-refractivity contribution in [2.24, 2.45) is 4.99 Å². The van der Waals surface area contributed by atoms with E-state index in [-0.39, 0.29) is 6.42 Å². The summed E-state index contributed by atoms with van der Waals surface area (Å²) in [7, 11) is 0. The number of carboxylic acid groups (broad SMARTS) is 1. The van der Waals surface area contributed by atoms with Crippen molar-refractivity contribution in [3.63, 3.8) is 0 Å². The van der Waals surface area contributed by atoms with Crippen molar-refractivity contribution in [3.8, 4) is 0 Å². The number of anilines is 1. The molecule has 1 aliphatic rings. The molecule has 6 heteroatoms. The maximum Gasteiger partial charge on any atom is 0.307 e. The molecule has 0 saturated carbocycles. The minimum absolute atomic E-state index is 0.0154. The number of halogens is 1. The van der Waals surface area contributed by atoms with Gasteiger partial charge in [-0.15, -0.1) is 0 Å². The van der Waals surface area contributed by atoms with Crippen LogP contribution in [0.1, 0.15) is 12.0 Å². The Balaban J connectivity index is 2.16. The third-order valence-electron chi connectivity index (χ3n) is 2.56. The fourth-order valence-corrected chi connectivity index (χ4v) is 1.96. The summed E-state index contributed by atoms with van der Waals surface area (Å²) >= 11 is 6.19. The summed E-state index contributed by atoms with van der Waals surface area (Å²) in [4.78, 5) is 14.9. The fraction of sp³-hybridized carbons (Fsp3) is 0.333. The van der Waals surface area contributed by atoms with Crippen molar-refractivity contribution in [1.82, 2.24) is 5.32 Å². The molecule has 0 unspecified atom stereocenters. The average Bonchev–Trinajstić information content (AvgIpc) is 2.38. The largest absolute Gasteiger partial charge is 0.481 e. The van der Waals surface area contributed by atoms with E-state index in [1.807, 2.05) is 6.07 Å². The molecular formula is C12H14ClN3O2. The van der Waals surface area contributed by atoms with Crippen molar-refractivity contribution >= 4 is 29.4 Å². The van der Waals surface area contributed by atoms with E-state index in [1.54, 1.807) is 18.2 Å². The Bertz CT molecular complexity index is 476. The van der Waals surface area contributed by atoms with E-state index in [9.17, 15) is 4.79 Å². The Morgan fingerprint density at radius 1 is 1.56 bits per heavy atom. The topological polar surface area (TPSA) is 64.9 Å². The van der Waals surface area contributed by atoms with Gasteiger partial charge in [0, 0.05) is 24.9 Å². The lowest BCUT2D eigenvalue weighted by Crippen LogP contribution is -2.39. The summed E-state index contributed by atoms with van der Waals surface area (Å²) in [5.74, 6) is -0.253. The number of nitrogens with one attached hydrogen (secondary N) is 1. The maximum absolute atomic E-state index is 10.7. The van der Waals surface area contributed by atoms with Crippen LogP contribution < -0.4 is 9.74 Å². The number of aliphatic carboxylic acids is 1. The van der Waals surface area contributed by atoms with E-state index >= 15 is 0 Å². The van der Waals surface area contributed by atoms with Crippen molar-refractivity contribution in [2.75, 3.05) is 17.5 Å². The molecule has 0 atom stereocenters. The third kappa shape index (κ3) is 3.13. The fourth-order valence-electron chi connectivity index (χ4n) is 1.74. The van der Waals surface area contributed by atoms with Crippen LogP contribution in [0.25, 0.3) is 0 Å². The number of aliphatic imine (C=N–C) groups is 1. The smallest absolute Gasteiger partial charge is 0.307 e. The molecule has 0 saturated heterocycles. The first-order valence-corrected chi connectivity index (χ1v) is 6.05. The normalized spacial score (nSPS) is 14.6. The highest BCUT2D eigenvalue weighted by Crippen LogP contribution is 2.19. The Morgan fingerprint density at radius 2 is 2.39 bits per heavy atom. The molecule has 96 valence electrons. The molecule has 1 aromatic carbocycles. The number of guanidine groups is 1. The van der Waals surface area contributed by atoms with E-state index in [4.69, 9.17) is 16.9 Å². The zero-order valence-corrected chi connectivity index (χ0v) is 10.5. The van der Waals surface area contributed by atoms with Gasteiger partial charge >= 0.3 is 5.97 Å². The van der Waals surface area contributed by atoms with E-state index in [0.29, 0.717) is 17.2 Å². The number of hydrogen-bond donors (Lipinski definition) is 2. The van der Waals surface area contributed by atoms with Crippen molar-refractivity contribution in [2.45, 2.75) is 12.8 Å². The molecular weight excluding hydrogens is 254 g/mol. The predicted octanol–water partition coefficient (Wildman–Crippen LogP) is 1.62. The quantitative estimate of drug-likeness (QED) is 0.817. The van der Waals surface area contributed by atoms with Gasteiger partial charge in [0.2, 0.25) is 5.96 Å². The Kier molecular flexibility index (Phi) is 4.04. The van der Waals surface area contributed by atoms with Crippen LogP contribution in [0.5, 0.6) is 0 Å². The van der Waals surface area contributed by atoms with Crippen LogP contribution in [-0.4, -0.2) is 30.1 Å². The second-order valence-corrected chi connectivity index (χ2v) is 4.34. The van der Waals surface area contributed by atoms with E-state index in [2.05, 4.69) is 10.3 Å². The van der Waals surface area contributed by atoms with Crippen LogP contribution in [0.4, 0.5) is 5.69 Å². The zero-order valence-electron chi connectivity index (χ0n) is 9.77. The number of carbonyl (C=O) groups is 1. The molecule has 0 amide bonds. The van der Waals surface area contributed by atoms with Crippen molar-refractivity contribution in [1.29, 1.82) is 0 Å². The summed E-state index contributed by atoms with van der Waals surface area (Å²) in [5.41, 5.74) is 1.42. The minimum Gasteiger partial charge on any atom is -0.481 e. The summed E-state index contributed by atoms with van der Waals surface area (Å²) in [6.07, 6.45) is 0.978. The monoisotopic (exact) mass is 267 g/mol. The van der Waals surface area contributed by atoms with Gasteiger partial charge in [-0.1, -0.05) is 12.1 Å². The molecule has 2 rings (SSSR count). The highest BCUT2D eigenvalue weighted by Gasteiger charge is 2.14. The predicted molar refractivity (Wildman–Crippen MR) is 71.0 cm³/mol. The van der Waals surface area contributed by atoms with Crippen LogP contribution >= 0.6 is 11.8 Å². The SMILES string of the molecule is O=C(O)Cc1cccc(N(Cl)C2=NCCCN2)c1. The van der Waals surface area contributed by atoms with Gasteiger partial charge in [0.05, 0.1) is 12.1 Å². The van der Waals surface area contributed by atoms with E-state index in [1.165, 1.54) is 4.42 Å². The average molecular weight is 268 g/mol. The zero-order chi connectivity index (χ0) is 13.0. The standard InChI is InChI=1S/C12H14ClN3O2/c13-16(12-14-5-2-6-15-12)10-4-1-3-9(7-10)8-11(17)18/h1,3-4,7H,2,5-6,8H2,(H,14,15)(H,17,18). The first kappa shape index (κ1) is 12.7. The lowest BCUT2D eigenvalue weighted by atomic mass is 10.1. The Morgan fingerprint density at radius 3 is 3.06 bits per heavy atom. The molecule has 0 aliphatic carbocycles. The van der Waals surface area contributed by atoms with Crippen LogP contribution in [0, 0.1) is 0 Å². The Hall–Kier alpha value is -1.75. The first-order chi connectivity index (χ1) is 8.66. The molecule has 0 aromatic heterocycles. The highest BCUT2D eigenvalue weighted by molar-refractivity contribution is 6.37. The first-order valence-electron chi connectivity index (χ1n) is 5.72. The van der Waals surface area contributed by atoms with Gasteiger partial charge in [0.25, 0.3) is 0 Å². The van der Waals surface area contributed by atoms with Gasteiger partial charge in [-0.25, -0.2) is 4.42 Å². The van der Waals surface area contributed by atoms with Gasteiger partial charge in [0.15, 0.2) is 0 Å². The van der Waals surface area contributed by atoms with Crippen molar-refractivity contribution in [3.05, 3.63) is 29.8 Å². The molecule has 0 bridgehead atoms. The molecule has 2 N–H and O–H groups in total. The molecule has 5 nitrogen and oxygen atoms in total. The van der Waals surface area contributed by atoms with Gasteiger partial charge in [0.1, 0.15) is 0 Å². The number of carboxylic acids is 1. The van der Waals surface area contributed by atoms with Gasteiger partial charge in [-0.3, -0.25) is 9.79 Å². The van der Waals surface area contributed by atoms with Crippen LogP contribution in [0.2, 0.25) is 0 Å². The van der Waals surface area contributed by atoms with Crippen molar-refractivity contribution < 1.29 is 9.90 Å². The van der Waals surface area contributed by atoms with Gasteiger partial charge in [-0.2, -0.15) is 0 Å². The molecule has 0 spiro atoms. The molecule has 18 heavy (non-hydrogen) atoms. The van der Waals surface area contributed by atoms with Crippen LogP contribution in [-0.2, 0) is 11.2 Å². The van der Waals surface area contributed by atoms with Crippen LogP contribution in [0.3, 0.4) is 0 Å². The van der Waals surface area contributed by atoms with Crippen LogP contribution in [0.15, 0.2) is 29.3 Å². The maximum atomic E-state index is 10.7. The number of rotatable bonds is 3. The molecule has 1 heterocycles. The molecule has 0 fully saturated rings. The second-order valence-electron chi connectivity index (χ2n) is 4.01.